The van der Waals surface area contributed by atoms with Crippen LogP contribution in [0.4, 0.5) is 0 Å². The van der Waals surface area contributed by atoms with Crippen LogP contribution >= 0.6 is 0 Å². The number of nitrogens with zero attached hydrogens (tertiary/aromatic N) is 2. The van der Waals surface area contributed by atoms with Crippen molar-refractivity contribution in [1.29, 1.82) is 0 Å². The molecule has 1 heterocycles. The first-order valence-electron chi connectivity index (χ1n) is 6.86. The fourth-order valence-corrected chi connectivity index (χ4v) is 1.97. The van der Waals surface area contributed by atoms with E-state index in [4.69, 9.17) is 0 Å². The molecule has 0 spiro atoms. The summed E-state index contributed by atoms with van der Waals surface area (Å²) >= 11 is 0. The minimum atomic E-state index is 0.424. The van der Waals surface area contributed by atoms with E-state index in [-0.39, 0.29) is 0 Å². The second-order valence-corrected chi connectivity index (χ2v) is 4.53. The van der Waals surface area contributed by atoms with Crippen molar-refractivity contribution in [3.05, 3.63) is 24.3 Å². The summed E-state index contributed by atoms with van der Waals surface area (Å²) in [7, 11) is 0. The van der Waals surface area contributed by atoms with Gasteiger partial charge in [0.05, 0.1) is 0 Å². The maximum absolute atomic E-state index is 4.11. The van der Waals surface area contributed by atoms with Crippen LogP contribution in [0.15, 0.2) is 18.7 Å². The summed E-state index contributed by atoms with van der Waals surface area (Å²) in [4.78, 5) is 8.21. The predicted molar refractivity (Wildman–Crippen MR) is 71.8 cm³/mol. The number of unbranched alkanes of at least 4 members (excludes halogenated alkanes) is 3. The molecule has 0 aliphatic carbocycles. The molecule has 0 amide bonds. The Balaban J connectivity index is 2.43. The largest absolute Gasteiger partial charge is 0.310 e. The van der Waals surface area contributed by atoms with Gasteiger partial charge in [0.1, 0.15) is 6.33 Å². The Bertz CT molecular complexity index is 274. The summed E-state index contributed by atoms with van der Waals surface area (Å²) in [5, 5.41) is 3.58. The highest BCUT2D eigenvalue weighted by Gasteiger charge is 2.10. The van der Waals surface area contributed by atoms with Crippen LogP contribution in [-0.4, -0.2) is 16.5 Å². The summed E-state index contributed by atoms with van der Waals surface area (Å²) in [6, 6.07) is 0.424. The van der Waals surface area contributed by atoms with Gasteiger partial charge < -0.3 is 5.32 Å². The van der Waals surface area contributed by atoms with Crippen LogP contribution < -0.4 is 5.32 Å². The van der Waals surface area contributed by atoms with E-state index < -0.39 is 0 Å². The molecule has 0 bridgehead atoms. The normalized spacial score (nSPS) is 12.6. The van der Waals surface area contributed by atoms with Gasteiger partial charge in [0.25, 0.3) is 0 Å². The van der Waals surface area contributed by atoms with Gasteiger partial charge in [-0.2, -0.15) is 0 Å². The van der Waals surface area contributed by atoms with Gasteiger partial charge in [-0.3, -0.25) is 0 Å². The van der Waals surface area contributed by atoms with Crippen LogP contribution in [-0.2, 0) is 0 Å². The van der Waals surface area contributed by atoms with E-state index >= 15 is 0 Å². The number of hydrogen-bond acceptors (Lipinski definition) is 3. The van der Waals surface area contributed by atoms with Crippen molar-refractivity contribution in [1.82, 2.24) is 15.3 Å². The van der Waals surface area contributed by atoms with Crippen molar-refractivity contribution in [2.45, 2.75) is 58.4 Å². The molecule has 1 atom stereocenters. The van der Waals surface area contributed by atoms with E-state index in [2.05, 4.69) is 29.1 Å². The van der Waals surface area contributed by atoms with Gasteiger partial charge >= 0.3 is 0 Å². The van der Waals surface area contributed by atoms with Crippen LogP contribution in [0.1, 0.15) is 64.0 Å². The molecule has 1 rings (SSSR count). The standard InChI is InChI=1S/C14H25N3/c1-3-5-6-7-8-14(17-9-4-2)13-10-15-12-16-11-13/h10-12,14,17H,3-9H2,1-2H3. The fraction of sp³-hybridized carbons (Fsp3) is 0.714. The van der Waals surface area contributed by atoms with E-state index in [0.717, 1.165) is 6.54 Å². The Labute approximate surface area is 105 Å². The van der Waals surface area contributed by atoms with Crippen LogP contribution in [0, 0.1) is 0 Å². The Morgan fingerprint density at radius 1 is 1.06 bits per heavy atom. The van der Waals surface area contributed by atoms with Crippen LogP contribution in [0.3, 0.4) is 0 Å². The maximum atomic E-state index is 4.11. The molecule has 0 aliphatic heterocycles. The highest BCUT2D eigenvalue weighted by atomic mass is 14.9. The van der Waals surface area contributed by atoms with Gasteiger partial charge in [0.15, 0.2) is 0 Å². The van der Waals surface area contributed by atoms with Crippen molar-refractivity contribution >= 4 is 0 Å². The summed E-state index contributed by atoms with van der Waals surface area (Å²) < 4.78 is 0. The van der Waals surface area contributed by atoms with Crippen molar-refractivity contribution in [3.63, 3.8) is 0 Å². The molecular weight excluding hydrogens is 210 g/mol. The first-order chi connectivity index (χ1) is 8.38. The zero-order valence-electron chi connectivity index (χ0n) is 11.2. The molecule has 3 nitrogen and oxygen atoms in total. The van der Waals surface area contributed by atoms with Crippen LogP contribution in [0.5, 0.6) is 0 Å². The first-order valence-corrected chi connectivity index (χ1v) is 6.86. The summed E-state index contributed by atoms with van der Waals surface area (Å²) in [5.41, 5.74) is 1.22. The van der Waals surface area contributed by atoms with Crippen LogP contribution in [0.25, 0.3) is 0 Å². The van der Waals surface area contributed by atoms with E-state index in [1.807, 2.05) is 12.4 Å². The molecule has 0 fully saturated rings. The molecule has 96 valence electrons. The molecular formula is C14H25N3. The van der Waals surface area contributed by atoms with Crippen LogP contribution in [0.2, 0.25) is 0 Å². The molecule has 1 N–H and O–H groups in total. The maximum Gasteiger partial charge on any atom is 0.115 e. The number of aromatic nitrogens is 2. The van der Waals surface area contributed by atoms with Crippen molar-refractivity contribution in [2.24, 2.45) is 0 Å². The van der Waals surface area contributed by atoms with E-state index in [9.17, 15) is 0 Å². The van der Waals surface area contributed by atoms with Gasteiger partial charge in [-0.1, -0.05) is 39.5 Å². The predicted octanol–water partition coefficient (Wildman–Crippen LogP) is 3.49. The lowest BCUT2D eigenvalue weighted by molar-refractivity contribution is 0.468. The van der Waals surface area contributed by atoms with E-state index in [1.165, 1.54) is 44.1 Å². The van der Waals surface area contributed by atoms with Crippen molar-refractivity contribution in [3.8, 4) is 0 Å². The third-order valence-corrected chi connectivity index (χ3v) is 2.97. The Kier molecular flexibility index (Phi) is 7.56. The van der Waals surface area contributed by atoms with Gasteiger partial charge in [-0.15, -0.1) is 0 Å². The molecule has 1 aromatic heterocycles. The molecule has 0 radical (unpaired) electrons. The zero-order chi connectivity index (χ0) is 12.3. The highest BCUT2D eigenvalue weighted by Crippen LogP contribution is 2.18. The Hall–Kier alpha value is -0.960. The minimum Gasteiger partial charge on any atom is -0.310 e. The fourth-order valence-electron chi connectivity index (χ4n) is 1.97. The monoisotopic (exact) mass is 235 g/mol. The van der Waals surface area contributed by atoms with Gasteiger partial charge in [0, 0.05) is 24.0 Å². The molecule has 0 aliphatic rings. The average molecular weight is 235 g/mol. The summed E-state index contributed by atoms with van der Waals surface area (Å²) in [6.45, 7) is 5.51. The average Bonchev–Trinajstić information content (AvgIpc) is 2.39. The lowest BCUT2D eigenvalue weighted by Gasteiger charge is -2.18. The third-order valence-electron chi connectivity index (χ3n) is 2.97. The van der Waals surface area contributed by atoms with Gasteiger partial charge in [-0.25, -0.2) is 9.97 Å². The molecule has 1 aromatic rings. The zero-order valence-corrected chi connectivity index (χ0v) is 11.2. The van der Waals surface area contributed by atoms with Crippen molar-refractivity contribution < 1.29 is 0 Å². The molecule has 0 saturated carbocycles. The summed E-state index contributed by atoms with van der Waals surface area (Å²) in [6.07, 6.45) is 13.1. The summed E-state index contributed by atoms with van der Waals surface area (Å²) in [5.74, 6) is 0. The van der Waals surface area contributed by atoms with Gasteiger partial charge in [0.2, 0.25) is 0 Å². The molecule has 0 aromatic carbocycles. The topological polar surface area (TPSA) is 37.8 Å². The quantitative estimate of drug-likeness (QED) is 0.666. The number of nitrogens with one attached hydrogen (secondary N) is 1. The number of hydrogen-bond donors (Lipinski definition) is 1. The molecule has 1 unspecified atom stereocenters. The second-order valence-electron chi connectivity index (χ2n) is 4.53. The van der Waals surface area contributed by atoms with E-state index in [1.54, 1.807) is 6.33 Å². The number of rotatable bonds is 9. The lowest BCUT2D eigenvalue weighted by atomic mass is 10.0. The minimum absolute atomic E-state index is 0.424. The molecule has 3 heteroatoms. The Morgan fingerprint density at radius 2 is 1.82 bits per heavy atom. The van der Waals surface area contributed by atoms with E-state index in [0.29, 0.717) is 6.04 Å². The van der Waals surface area contributed by atoms with Crippen molar-refractivity contribution in [2.75, 3.05) is 6.54 Å². The highest BCUT2D eigenvalue weighted by molar-refractivity contribution is 5.08. The second kappa shape index (κ2) is 9.11. The van der Waals surface area contributed by atoms with Gasteiger partial charge in [-0.05, 0) is 19.4 Å². The third kappa shape index (κ3) is 5.78. The first kappa shape index (κ1) is 14.1. The molecule has 0 saturated heterocycles. The Morgan fingerprint density at radius 3 is 2.47 bits per heavy atom. The smallest absolute Gasteiger partial charge is 0.115 e. The SMILES string of the molecule is CCCCCCC(NCCC)c1cncnc1. The lowest BCUT2D eigenvalue weighted by Crippen LogP contribution is -2.22. The molecule has 17 heavy (non-hydrogen) atoms.